The molecule has 60 valence electrons. The topological polar surface area (TPSA) is 20.2 Å². The van der Waals surface area contributed by atoms with Crippen LogP contribution >= 0.6 is 11.6 Å². The zero-order valence-corrected chi connectivity index (χ0v) is 7.36. The highest BCUT2D eigenvalue weighted by Gasteiger charge is 1.98. The molecule has 0 aromatic rings. The van der Waals surface area contributed by atoms with Gasteiger partial charge in [0, 0.05) is 5.88 Å². The van der Waals surface area contributed by atoms with Crippen LogP contribution in [0.15, 0.2) is 11.6 Å². The molecule has 0 aliphatic rings. The molecule has 0 heterocycles. The maximum atomic E-state index is 9.01. The third-order valence-electron chi connectivity index (χ3n) is 1.23. The predicted octanol–water partition coefficient (Wildman–Crippen LogP) is 2.33. The van der Waals surface area contributed by atoms with Crippen molar-refractivity contribution in [3.8, 4) is 0 Å². The molecule has 2 heteroatoms. The van der Waals surface area contributed by atoms with Crippen molar-refractivity contribution < 1.29 is 5.11 Å². The van der Waals surface area contributed by atoms with Crippen LogP contribution in [-0.2, 0) is 0 Å². The summed E-state index contributed by atoms with van der Waals surface area (Å²) in [4.78, 5) is 0. The second-order valence-corrected chi connectivity index (χ2v) is 2.98. The van der Waals surface area contributed by atoms with E-state index in [2.05, 4.69) is 6.08 Å². The lowest BCUT2D eigenvalue weighted by atomic mass is 10.2. The summed E-state index contributed by atoms with van der Waals surface area (Å²) < 4.78 is 0. The summed E-state index contributed by atoms with van der Waals surface area (Å²) in [5, 5.41) is 9.01. The molecule has 0 aromatic carbocycles. The van der Waals surface area contributed by atoms with Crippen molar-refractivity contribution in [3.63, 3.8) is 0 Å². The van der Waals surface area contributed by atoms with Crippen molar-refractivity contribution in [1.29, 1.82) is 0 Å². The third-order valence-corrected chi connectivity index (χ3v) is 1.59. The number of allylic oxidation sites excluding steroid dienone is 2. The number of hydrogen-bond donors (Lipinski definition) is 1. The minimum absolute atomic E-state index is 0.336. The molecule has 0 bridgehead atoms. The molecule has 0 unspecified atom stereocenters. The van der Waals surface area contributed by atoms with Crippen LogP contribution in [0.2, 0.25) is 0 Å². The van der Waals surface area contributed by atoms with Gasteiger partial charge in [-0.1, -0.05) is 11.6 Å². The summed E-state index contributed by atoms with van der Waals surface area (Å²) in [6.45, 7) is 4.10. The van der Waals surface area contributed by atoms with Crippen molar-refractivity contribution >= 4 is 11.6 Å². The molecule has 0 rings (SSSR count). The molecule has 1 N–H and O–H groups in total. The summed E-state index contributed by atoms with van der Waals surface area (Å²) >= 11 is 5.40. The van der Waals surface area contributed by atoms with E-state index in [1.54, 1.807) is 0 Å². The van der Waals surface area contributed by atoms with E-state index in [1.807, 2.05) is 13.8 Å². The van der Waals surface area contributed by atoms with Crippen molar-refractivity contribution in [3.05, 3.63) is 11.6 Å². The van der Waals surface area contributed by atoms with E-state index < -0.39 is 0 Å². The predicted molar refractivity (Wildman–Crippen MR) is 45.4 cm³/mol. The van der Waals surface area contributed by atoms with Gasteiger partial charge in [-0.3, -0.25) is 0 Å². The van der Waals surface area contributed by atoms with Crippen LogP contribution < -0.4 is 0 Å². The van der Waals surface area contributed by atoms with E-state index >= 15 is 0 Å². The van der Waals surface area contributed by atoms with Crippen LogP contribution in [0.1, 0.15) is 26.7 Å². The van der Waals surface area contributed by atoms with Gasteiger partial charge < -0.3 is 5.11 Å². The fourth-order valence-electron chi connectivity index (χ4n) is 0.642. The minimum Gasteiger partial charge on any atom is -0.392 e. The van der Waals surface area contributed by atoms with Crippen LogP contribution in [0.4, 0.5) is 0 Å². The van der Waals surface area contributed by atoms with Gasteiger partial charge >= 0.3 is 0 Å². The normalized spacial score (nSPS) is 12.8. The smallest absolute Gasteiger partial charge is 0.0678 e. The first-order chi connectivity index (χ1) is 4.66. The van der Waals surface area contributed by atoms with Gasteiger partial charge in [-0.05, 0) is 26.7 Å². The van der Waals surface area contributed by atoms with Gasteiger partial charge in [-0.25, -0.2) is 0 Å². The molecule has 0 fully saturated rings. The first-order valence-corrected chi connectivity index (χ1v) is 4.07. The molecule has 1 atom stereocenters. The summed E-state index contributed by atoms with van der Waals surface area (Å²) in [6, 6.07) is 0. The molecule has 0 aliphatic heterocycles. The van der Waals surface area contributed by atoms with Crippen LogP contribution in [0.25, 0.3) is 0 Å². The van der Waals surface area contributed by atoms with Gasteiger partial charge in [0.25, 0.3) is 0 Å². The molecule has 0 aromatic heterocycles. The molecular formula is C8H15ClO. The Bertz CT molecular complexity index is 106. The fourth-order valence-corrected chi connectivity index (χ4v) is 0.796. The summed E-state index contributed by atoms with van der Waals surface area (Å²) in [6.07, 6.45) is 3.47. The molecule has 0 radical (unpaired) electrons. The number of hydrogen-bond acceptors (Lipinski definition) is 1. The van der Waals surface area contributed by atoms with Gasteiger partial charge in [0.1, 0.15) is 0 Å². The molecule has 0 aliphatic carbocycles. The van der Waals surface area contributed by atoms with Crippen molar-refractivity contribution in [2.24, 2.45) is 0 Å². The summed E-state index contributed by atoms with van der Waals surface area (Å²) in [7, 11) is 0. The van der Waals surface area contributed by atoms with Gasteiger partial charge in [-0.2, -0.15) is 0 Å². The van der Waals surface area contributed by atoms with E-state index in [4.69, 9.17) is 16.7 Å². The lowest BCUT2D eigenvalue weighted by Gasteiger charge is -2.02. The van der Waals surface area contributed by atoms with Crippen LogP contribution in [0.3, 0.4) is 0 Å². The Morgan fingerprint density at radius 1 is 1.60 bits per heavy atom. The maximum Gasteiger partial charge on any atom is 0.0678 e. The lowest BCUT2D eigenvalue weighted by molar-refractivity contribution is 0.189. The number of halogens is 1. The monoisotopic (exact) mass is 162 g/mol. The zero-order chi connectivity index (χ0) is 7.98. The van der Waals surface area contributed by atoms with E-state index in [-0.39, 0.29) is 6.10 Å². The van der Waals surface area contributed by atoms with E-state index in [0.29, 0.717) is 5.88 Å². The number of rotatable bonds is 4. The Labute approximate surface area is 67.7 Å². The van der Waals surface area contributed by atoms with Crippen molar-refractivity contribution in [1.82, 2.24) is 0 Å². The number of aliphatic hydroxyl groups excluding tert-OH is 1. The average molecular weight is 163 g/mol. The van der Waals surface area contributed by atoms with Crippen molar-refractivity contribution in [2.75, 3.05) is 5.88 Å². The Morgan fingerprint density at radius 2 is 2.20 bits per heavy atom. The van der Waals surface area contributed by atoms with E-state index in [1.165, 1.54) is 5.57 Å². The SMILES string of the molecule is CC(C)=CCC[C@@H](O)CCl. The van der Waals surface area contributed by atoms with Crippen LogP contribution in [-0.4, -0.2) is 17.1 Å². The van der Waals surface area contributed by atoms with Gasteiger partial charge in [0.15, 0.2) is 0 Å². The lowest BCUT2D eigenvalue weighted by Crippen LogP contribution is -2.06. The standard InChI is InChI=1S/C8H15ClO/c1-7(2)4-3-5-8(10)6-9/h4,8,10H,3,5-6H2,1-2H3/t8-/m1/s1. The van der Waals surface area contributed by atoms with Gasteiger partial charge in [0.05, 0.1) is 6.10 Å². The minimum atomic E-state index is -0.336. The molecule has 10 heavy (non-hydrogen) atoms. The first kappa shape index (κ1) is 9.99. The highest BCUT2D eigenvalue weighted by atomic mass is 35.5. The van der Waals surface area contributed by atoms with E-state index in [9.17, 15) is 0 Å². The van der Waals surface area contributed by atoms with Crippen molar-refractivity contribution in [2.45, 2.75) is 32.8 Å². The Morgan fingerprint density at radius 3 is 2.60 bits per heavy atom. The molecular weight excluding hydrogens is 148 g/mol. The largest absolute Gasteiger partial charge is 0.392 e. The number of aliphatic hydroxyl groups is 1. The Hall–Kier alpha value is -0.0100. The summed E-state index contributed by atoms with van der Waals surface area (Å²) in [5.74, 6) is 0.344. The molecule has 0 spiro atoms. The second kappa shape index (κ2) is 5.75. The van der Waals surface area contributed by atoms with Gasteiger partial charge in [-0.15, -0.1) is 11.6 Å². The second-order valence-electron chi connectivity index (χ2n) is 2.67. The highest BCUT2D eigenvalue weighted by molar-refractivity contribution is 6.18. The quantitative estimate of drug-likeness (QED) is 0.497. The molecule has 1 nitrogen and oxygen atoms in total. The molecule has 0 amide bonds. The fraction of sp³-hybridized carbons (Fsp3) is 0.750. The van der Waals surface area contributed by atoms with E-state index in [0.717, 1.165) is 12.8 Å². The highest BCUT2D eigenvalue weighted by Crippen LogP contribution is 2.02. The average Bonchev–Trinajstić information content (AvgIpc) is 1.87. The summed E-state index contributed by atoms with van der Waals surface area (Å²) in [5.41, 5.74) is 1.29. The zero-order valence-electron chi connectivity index (χ0n) is 6.60. The maximum absolute atomic E-state index is 9.01. The molecule has 0 saturated heterocycles. The Kier molecular flexibility index (Phi) is 5.74. The number of alkyl halides is 1. The molecule has 0 saturated carbocycles. The van der Waals surface area contributed by atoms with Crippen LogP contribution in [0.5, 0.6) is 0 Å². The van der Waals surface area contributed by atoms with Crippen LogP contribution in [0, 0.1) is 0 Å². The Balaban J connectivity index is 3.28. The first-order valence-electron chi connectivity index (χ1n) is 3.54. The third kappa shape index (κ3) is 6.12. The van der Waals surface area contributed by atoms with Gasteiger partial charge in [0.2, 0.25) is 0 Å².